The molecule has 0 N–H and O–H groups in total. The molecule has 0 saturated heterocycles. The van der Waals surface area contributed by atoms with Gasteiger partial charge in [0.1, 0.15) is 17.3 Å². The Morgan fingerprint density at radius 1 is 0.958 bits per heavy atom. The zero-order chi connectivity index (χ0) is 17.3. The molecule has 2 aromatic carbocycles. The summed E-state index contributed by atoms with van der Waals surface area (Å²) in [5.41, 5.74) is -3.55. The highest BCUT2D eigenvalue weighted by molar-refractivity contribution is 6.20. The summed E-state index contributed by atoms with van der Waals surface area (Å²) >= 11 is 4.69. The molecule has 0 aliphatic heterocycles. The van der Waals surface area contributed by atoms with Gasteiger partial charge in [0.2, 0.25) is 0 Å². The zero-order valence-corrected chi connectivity index (χ0v) is 12.6. The van der Waals surface area contributed by atoms with Crippen LogP contribution in [0.25, 0.3) is 16.9 Å². The third-order valence-electron chi connectivity index (χ3n) is 3.17. The van der Waals surface area contributed by atoms with E-state index in [2.05, 4.69) is 21.4 Å². The molecule has 0 radical (unpaired) electrons. The summed E-state index contributed by atoms with van der Waals surface area (Å²) in [5, 5.41) is 3.87. The summed E-state index contributed by atoms with van der Waals surface area (Å²) in [5.74, 6) is -1.51. The number of halogens is 5. The lowest BCUT2D eigenvalue weighted by atomic mass is 10.1. The van der Waals surface area contributed by atoms with Gasteiger partial charge < -0.3 is 4.74 Å². The third-order valence-corrected chi connectivity index (χ3v) is 3.25. The Morgan fingerprint density at radius 2 is 1.62 bits per heavy atom. The summed E-state index contributed by atoms with van der Waals surface area (Å²) in [7, 11) is 0. The molecule has 24 heavy (non-hydrogen) atoms. The Bertz CT molecular complexity index is 859. The van der Waals surface area contributed by atoms with Gasteiger partial charge in [0.15, 0.2) is 5.82 Å². The molecule has 0 aliphatic carbocycles. The van der Waals surface area contributed by atoms with E-state index in [9.17, 15) is 17.6 Å². The van der Waals surface area contributed by atoms with Crippen LogP contribution in [-0.4, -0.2) is 15.3 Å². The lowest BCUT2D eigenvalue weighted by Crippen LogP contribution is -2.15. The van der Waals surface area contributed by atoms with Gasteiger partial charge in [-0.05, 0) is 36.4 Å². The highest BCUT2D eigenvalue weighted by atomic mass is 35.5. The molecule has 3 rings (SSSR count). The molecule has 0 unspecified atom stereocenters. The predicted molar refractivity (Wildman–Crippen MR) is 80.3 cm³/mol. The van der Waals surface area contributed by atoms with Crippen molar-refractivity contribution in [3.05, 3.63) is 66.4 Å². The minimum Gasteiger partial charge on any atom is -0.420 e. The maximum atomic E-state index is 14.1. The van der Waals surface area contributed by atoms with Crippen molar-refractivity contribution in [1.29, 1.82) is 0 Å². The summed E-state index contributed by atoms with van der Waals surface area (Å²) in [4.78, 5) is 0. The maximum Gasteiger partial charge on any atom is 0.487 e. The average molecular weight is 357 g/mol. The van der Waals surface area contributed by atoms with Gasteiger partial charge in [-0.3, -0.25) is 0 Å². The van der Waals surface area contributed by atoms with Crippen LogP contribution in [0.5, 0.6) is 5.75 Å². The molecule has 0 atom stereocenters. The molecule has 1 heterocycles. The van der Waals surface area contributed by atoms with Crippen molar-refractivity contribution in [2.24, 2.45) is 0 Å². The largest absolute Gasteiger partial charge is 0.487 e. The van der Waals surface area contributed by atoms with Crippen LogP contribution < -0.4 is 4.74 Å². The van der Waals surface area contributed by atoms with Crippen LogP contribution in [0.2, 0.25) is 0 Å². The van der Waals surface area contributed by atoms with Gasteiger partial charge in [-0.2, -0.15) is 5.10 Å². The molecular formula is C16H9ClF4N2O. The normalized spacial score (nSPS) is 11.5. The predicted octanol–water partition coefficient (Wildman–Crippen LogP) is 4.99. The van der Waals surface area contributed by atoms with Crippen LogP contribution in [0, 0.1) is 11.6 Å². The fourth-order valence-electron chi connectivity index (χ4n) is 2.21. The van der Waals surface area contributed by atoms with E-state index < -0.39 is 17.2 Å². The molecule has 0 aliphatic rings. The Hall–Kier alpha value is -2.54. The van der Waals surface area contributed by atoms with Gasteiger partial charge in [-0.25, -0.2) is 13.5 Å². The maximum absolute atomic E-state index is 14.1. The minimum atomic E-state index is -3.84. The monoisotopic (exact) mass is 356 g/mol. The van der Waals surface area contributed by atoms with Crippen LogP contribution in [0.3, 0.4) is 0 Å². The number of aromatic nitrogens is 2. The van der Waals surface area contributed by atoms with E-state index in [1.54, 1.807) is 6.07 Å². The van der Waals surface area contributed by atoms with Gasteiger partial charge in [0, 0.05) is 17.2 Å². The molecule has 8 heteroatoms. The molecular weight excluding hydrogens is 348 g/mol. The number of nitrogens with zero attached hydrogens (tertiary/aromatic N) is 2. The van der Waals surface area contributed by atoms with E-state index in [1.807, 2.05) is 0 Å². The standard InChI is InChI=1S/C16H9ClF4N2O/c17-16(20,21)24-11-7-5-10(6-8-11)23-15(14(19)9-22-23)12-3-1-2-4-13(12)18/h1-9H. The number of hydrogen-bond acceptors (Lipinski definition) is 2. The van der Waals surface area contributed by atoms with E-state index >= 15 is 0 Å². The molecule has 3 nitrogen and oxygen atoms in total. The third kappa shape index (κ3) is 3.35. The van der Waals surface area contributed by atoms with Gasteiger partial charge in [-0.1, -0.05) is 12.1 Å². The second kappa shape index (κ2) is 6.16. The van der Waals surface area contributed by atoms with Crippen LogP contribution in [0.15, 0.2) is 54.7 Å². The Balaban J connectivity index is 2.01. The highest BCUT2D eigenvalue weighted by Gasteiger charge is 2.27. The molecule has 0 amide bonds. The van der Waals surface area contributed by atoms with Crippen LogP contribution in [0.4, 0.5) is 17.6 Å². The molecule has 3 aromatic rings. The summed E-state index contributed by atoms with van der Waals surface area (Å²) < 4.78 is 58.6. The van der Waals surface area contributed by atoms with Crippen molar-refractivity contribution in [3.63, 3.8) is 0 Å². The lowest BCUT2D eigenvalue weighted by molar-refractivity contribution is -0.0964. The summed E-state index contributed by atoms with van der Waals surface area (Å²) in [6, 6.07) is 10.8. The van der Waals surface area contributed by atoms with Crippen LogP contribution >= 0.6 is 11.6 Å². The van der Waals surface area contributed by atoms with Crippen molar-refractivity contribution in [2.45, 2.75) is 5.57 Å². The second-order valence-electron chi connectivity index (χ2n) is 4.77. The van der Waals surface area contributed by atoms with E-state index in [1.165, 1.54) is 42.5 Å². The number of rotatable bonds is 4. The van der Waals surface area contributed by atoms with Crippen molar-refractivity contribution in [1.82, 2.24) is 9.78 Å². The first-order valence-corrected chi connectivity index (χ1v) is 7.07. The van der Waals surface area contributed by atoms with E-state index in [4.69, 9.17) is 0 Å². The number of alkyl halides is 3. The Morgan fingerprint density at radius 3 is 2.25 bits per heavy atom. The van der Waals surface area contributed by atoms with Crippen LogP contribution in [-0.2, 0) is 0 Å². The van der Waals surface area contributed by atoms with Gasteiger partial charge in [0.05, 0.1) is 11.9 Å². The zero-order valence-electron chi connectivity index (χ0n) is 11.9. The fraction of sp³-hybridized carbons (Fsp3) is 0.0625. The van der Waals surface area contributed by atoms with Crippen molar-refractivity contribution in [2.75, 3.05) is 0 Å². The first-order chi connectivity index (χ1) is 11.3. The molecule has 0 fully saturated rings. The average Bonchev–Trinajstić information content (AvgIpc) is 2.89. The van der Waals surface area contributed by atoms with E-state index in [-0.39, 0.29) is 17.0 Å². The van der Waals surface area contributed by atoms with Gasteiger partial charge in [-0.15, -0.1) is 8.78 Å². The molecule has 0 bridgehead atoms. The first kappa shape index (κ1) is 16.3. The van der Waals surface area contributed by atoms with Crippen molar-refractivity contribution >= 4 is 11.6 Å². The van der Waals surface area contributed by atoms with Crippen molar-refractivity contribution < 1.29 is 22.3 Å². The summed E-state index contributed by atoms with van der Waals surface area (Å²) in [6.07, 6.45) is 0.944. The summed E-state index contributed by atoms with van der Waals surface area (Å²) in [6.45, 7) is 0. The Labute approximate surface area is 139 Å². The minimum absolute atomic E-state index is 0.0279. The van der Waals surface area contributed by atoms with E-state index in [0.717, 1.165) is 10.9 Å². The smallest absolute Gasteiger partial charge is 0.420 e. The molecule has 0 saturated carbocycles. The fourth-order valence-corrected chi connectivity index (χ4v) is 2.30. The molecule has 124 valence electrons. The van der Waals surface area contributed by atoms with Gasteiger partial charge >= 0.3 is 5.57 Å². The van der Waals surface area contributed by atoms with E-state index in [0.29, 0.717) is 5.69 Å². The highest BCUT2D eigenvalue weighted by Crippen LogP contribution is 2.29. The topological polar surface area (TPSA) is 27.1 Å². The van der Waals surface area contributed by atoms with Crippen molar-refractivity contribution in [3.8, 4) is 22.7 Å². The quantitative estimate of drug-likeness (QED) is 0.486. The van der Waals surface area contributed by atoms with Crippen LogP contribution in [0.1, 0.15) is 0 Å². The SMILES string of the molecule is Fc1ccccc1-c1c(F)cnn1-c1ccc(OC(F)(F)Cl)cc1. The first-order valence-electron chi connectivity index (χ1n) is 6.70. The molecule has 0 spiro atoms. The number of benzene rings is 2. The van der Waals surface area contributed by atoms with Gasteiger partial charge in [0.25, 0.3) is 0 Å². The molecule has 1 aromatic heterocycles. The second-order valence-corrected chi connectivity index (χ2v) is 5.21. The number of ether oxygens (including phenoxy) is 1. The lowest BCUT2D eigenvalue weighted by Gasteiger charge is -2.12. The number of hydrogen-bond donors (Lipinski definition) is 0. The Kier molecular flexibility index (Phi) is 4.19.